The topological polar surface area (TPSA) is 104 Å². The average Bonchev–Trinajstić information content (AvgIpc) is 2.98. The van der Waals surface area contributed by atoms with Crippen molar-refractivity contribution in [2.75, 3.05) is 12.0 Å². The van der Waals surface area contributed by atoms with Crippen molar-refractivity contribution in [3.05, 3.63) is 36.2 Å². The lowest BCUT2D eigenvalue weighted by atomic mass is 10.2. The van der Waals surface area contributed by atoms with Gasteiger partial charge in [-0.2, -0.15) is 4.98 Å². The van der Waals surface area contributed by atoms with Crippen LogP contribution in [0, 0.1) is 0 Å². The molecule has 2 heterocycles. The molecule has 0 aromatic carbocycles. The van der Waals surface area contributed by atoms with Gasteiger partial charge in [0, 0.05) is 18.6 Å². The van der Waals surface area contributed by atoms with Crippen LogP contribution in [0.4, 0.5) is 0 Å². The molecule has 0 radical (unpaired) electrons. The van der Waals surface area contributed by atoms with Crippen molar-refractivity contribution < 1.29 is 12.9 Å². The monoisotopic (exact) mass is 284 g/mol. The minimum Gasteiger partial charge on any atom is -0.342 e. The first kappa shape index (κ1) is 13.8. The Kier molecular flexibility index (Phi) is 4.01. The van der Waals surface area contributed by atoms with Gasteiger partial charge in [-0.15, -0.1) is 0 Å². The van der Waals surface area contributed by atoms with Crippen molar-refractivity contribution in [1.29, 1.82) is 0 Å². The molecule has 0 spiro atoms. The third-order valence-corrected chi connectivity index (χ3v) is 3.68. The zero-order chi connectivity index (χ0) is 13.9. The maximum absolute atomic E-state index is 11.3. The molecule has 2 rings (SSSR count). The smallest absolute Gasteiger partial charge is 0.249 e. The second-order valence-electron chi connectivity index (χ2n) is 4.32. The van der Waals surface area contributed by atoms with Gasteiger partial charge in [-0.05, 0) is 18.6 Å². The van der Waals surface area contributed by atoms with Crippen LogP contribution in [0.2, 0.25) is 0 Å². The van der Waals surface area contributed by atoms with Crippen molar-refractivity contribution >= 4 is 9.84 Å². The molecular weight excluding hydrogens is 268 g/mol. The van der Waals surface area contributed by atoms with E-state index in [0.717, 1.165) is 0 Å². The van der Waals surface area contributed by atoms with Gasteiger partial charge in [0.2, 0.25) is 5.89 Å². The maximum Gasteiger partial charge on any atom is 0.249 e. The van der Waals surface area contributed by atoms with E-state index < -0.39 is 9.84 Å². The molecule has 0 aliphatic heterocycles. The van der Waals surface area contributed by atoms with E-state index in [1.807, 2.05) is 29.1 Å². The minimum absolute atomic E-state index is 0.0518. The molecule has 104 valence electrons. The number of aromatic nitrogens is 3. The summed E-state index contributed by atoms with van der Waals surface area (Å²) in [5, 5.41) is 3.74. The van der Waals surface area contributed by atoms with Gasteiger partial charge in [0.15, 0.2) is 5.82 Å². The molecule has 0 aliphatic rings. The lowest BCUT2D eigenvalue weighted by Crippen LogP contribution is -2.15. The Labute approximate surface area is 111 Å². The molecule has 0 fully saturated rings. The van der Waals surface area contributed by atoms with E-state index in [2.05, 4.69) is 10.1 Å². The summed E-state index contributed by atoms with van der Waals surface area (Å²) < 4.78 is 29.6. The molecule has 2 aromatic rings. The molecule has 0 bridgehead atoms. The third-order valence-electron chi connectivity index (χ3n) is 2.70. The molecule has 1 atom stereocenters. The minimum atomic E-state index is -3.04. The summed E-state index contributed by atoms with van der Waals surface area (Å²) in [7, 11) is -3.04. The van der Waals surface area contributed by atoms with Gasteiger partial charge >= 0.3 is 0 Å². The molecule has 0 aliphatic carbocycles. The Morgan fingerprint density at radius 3 is 2.63 bits per heavy atom. The second kappa shape index (κ2) is 5.54. The van der Waals surface area contributed by atoms with Gasteiger partial charge in [-0.1, -0.05) is 5.16 Å². The average molecular weight is 284 g/mol. The van der Waals surface area contributed by atoms with Gasteiger partial charge in [0.1, 0.15) is 15.9 Å². The third kappa shape index (κ3) is 3.65. The van der Waals surface area contributed by atoms with Crippen molar-refractivity contribution in [2.24, 2.45) is 5.73 Å². The molecule has 0 saturated carbocycles. The maximum atomic E-state index is 11.3. The quantitative estimate of drug-likeness (QED) is 0.821. The molecular formula is C11H16N4O3S. The van der Waals surface area contributed by atoms with E-state index in [-0.39, 0.29) is 18.3 Å². The second-order valence-corrected chi connectivity index (χ2v) is 6.58. The highest BCUT2D eigenvalue weighted by atomic mass is 32.2. The fraction of sp³-hybridized carbons (Fsp3) is 0.455. The molecule has 7 nitrogen and oxygen atoms in total. The Bertz CT molecular complexity index is 618. The van der Waals surface area contributed by atoms with Gasteiger partial charge in [0.25, 0.3) is 0 Å². The molecule has 0 unspecified atom stereocenters. The summed E-state index contributed by atoms with van der Waals surface area (Å²) in [6.07, 6.45) is 5.25. The van der Waals surface area contributed by atoms with Crippen LogP contribution in [0.3, 0.4) is 0 Å². The van der Waals surface area contributed by atoms with E-state index in [4.69, 9.17) is 10.3 Å². The molecule has 19 heavy (non-hydrogen) atoms. The highest BCUT2D eigenvalue weighted by Gasteiger charge is 2.21. The van der Waals surface area contributed by atoms with Crippen LogP contribution in [0.5, 0.6) is 0 Å². The summed E-state index contributed by atoms with van der Waals surface area (Å²) in [6, 6.07) is 3.42. The van der Waals surface area contributed by atoms with E-state index in [1.165, 1.54) is 6.26 Å². The van der Waals surface area contributed by atoms with Crippen molar-refractivity contribution in [3.63, 3.8) is 0 Å². The van der Waals surface area contributed by atoms with Crippen molar-refractivity contribution in [2.45, 2.75) is 19.0 Å². The normalized spacial score (nSPS) is 13.6. The molecule has 0 amide bonds. The SMILES string of the molecule is CS(=O)(=O)CC[C@H](c1nc(CN)no1)n1cccc1. The lowest BCUT2D eigenvalue weighted by molar-refractivity contribution is 0.330. The van der Waals surface area contributed by atoms with Crippen molar-refractivity contribution in [1.82, 2.24) is 14.7 Å². The van der Waals surface area contributed by atoms with E-state index >= 15 is 0 Å². The summed E-state index contributed by atoms with van der Waals surface area (Å²) >= 11 is 0. The Morgan fingerprint density at radius 1 is 1.42 bits per heavy atom. The fourth-order valence-electron chi connectivity index (χ4n) is 1.77. The number of sulfone groups is 1. The number of rotatable bonds is 6. The summed E-state index contributed by atoms with van der Waals surface area (Å²) in [6.45, 7) is 0.188. The van der Waals surface area contributed by atoms with Gasteiger partial charge in [-0.25, -0.2) is 8.42 Å². The molecule has 0 saturated heterocycles. The van der Waals surface area contributed by atoms with Gasteiger partial charge < -0.3 is 14.8 Å². The highest BCUT2D eigenvalue weighted by molar-refractivity contribution is 7.90. The van der Waals surface area contributed by atoms with Crippen LogP contribution in [0.1, 0.15) is 24.2 Å². The Balaban J connectivity index is 2.24. The molecule has 2 N–H and O–H groups in total. The van der Waals surface area contributed by atoms with E-state index in [9.17, 15) is 8.42 Å². The summed E-state index contributed by atoms with van der Waals surface area (Å²) in [5.41, 5.74) is 5.44. The van der Waals surface area contributed by atoms with Gasteiger partial charge in [-0.3, -0.25) is 0 Å². The van der Waals surface area contributed by atoms with Crippen LogP contribution < -0.4 is 5.73 Å². The number of nitrogens with two attached hydrogens (primary N) is 1. The Hall–Kier alpha value is -1.67. The van der Waals surface area contributed by atoms with Crippen LogP contribution in [-0.4, -0.2) is 35.1 Å². The van der Waals surface area contributed by atoms with E-state index in [1.54, 1.807) is 0 Å². The van der Waals surface area contributed by atoms with Crippen LogP contribution in [0.15, 0.2) is 29.0 Å². The van der Waals surface area contributed by atoms with Crippen LogP contribution >= 0.6 is 0 Å². The highest BCUT2D eigenvalue weighted by Crippen LogP contribution is 2.21. The number of nitrogens with zero attached hydrogens (tertiary/aromatic N) is 3. The first-order valence-corrected chi connectivity index (χ1v) is 7.88. The zero-order valence-corrected chi connectivity index (χ0v) is 11.4. The number of hydrogen-bond acceptors (Lipinski definition) is 6. The molecule has 2 aromatic heterocycles. The molecule has 8 heteroatoms. The van der Waals surface area contributed by atoms with Gasteiger partial charge in [0.05, 0.1) is 12.3 Å². The van der Waals surface area contributed by atoms with E-state index in [0.29, 0.717) is 18.1 Å². The standard InChI is InChI=1S/C11H16N4O3S/c1-19(16,17)7-4-9(15-5-2-3-6-15)11-13-10(8-12)14-18-11/h2-3,5-6,9H,4,7-8,12H2,1H3/t9-/m1/s1. The predicted molar refractivity (Wildman–Crippen MR) is 69.1 cm³/mol. The summed E-state index contributed by atoms with van der Waals surface area (Å²) in [4.78, 5) is 4.17. The number of hydrogen-bond donors (Lipinski definition) is 1. The largest absolute Gasteiger partial charge is 0.342 e. The first-order valence-electron chi connectivity index (χ1n) is 5.82. The predicted octanol–water partition coefficient (Wildman–Crippen LogP) is 0.354. The fourth-order valence-corrected chi connectivity index (χ4v) is 2.42. The zero-order valence-electron chi connectivity index (χ0n) is 10.6. The van der Waals surface area contributed by atoms with Crippen molar-refractivity contribution in [3.8, 4) is 0 Å². The Morgan fingerprint density at radius 2 is 2.11 bits per heavy atom. The van der Waals surface area contributed by atoms with Crippen LogP contribution in [0.25, 0.3) is 0 Å². The lowest BCUT2D eigenvalue weighted by Gasteiger charge is -2.14. The first-order chi connectivity index (χ1) is 8.99. The summed E-state index contributed by atoms with van der Waals surface area (Å²) in [5.74, 6) is 0.836. The van der Waals surface area contributed by atoms with Crippen LogP contribution in [-0.2, 0) is 16.4 Å².